The molecule has 0 unspecified atom stereocenters. The van der Waals surface area contributed by atoms with Crippen molar-refractivity contribution < 1.29 is 13.5 Å². The summed E-state index contributed by atoms with van der Waals surface area (Å²) in [4.78, 5) is 0. The quantitative estimate of drug-likeness (QED) is 0.226. The monoisotopic (exact) mass is 426 g/mol. The summed E-state index contributed by atoms with van der Waals surface area (Å²) in [5, 5.41) is 0.890. The first kappa shape index (κ1) is 21.6. The van der Waals surface area contributed by atoms with E-state index in [-0.39, 0.29) is 5.39 Å². The van der Waals surface area contributed by atoms with Crippen LogP contribution in [0.4, 0.5) is 8.78 Å². The molecule has 0 aliphatic heterocycles. The van der Waals surface area contributed by atoms with Crippen molar-refractivity contribution in [3.8, 4) is 28.7 Å². The number of fused-ring (bicyclic) bond motifs is 1. The van der Waals surface area contributed by atoms with Gasteiger partial charge in [0, 0.05) is 16.5 Å². The highest BCUT2D eigenvalue weighted by Gasteiger charge is 2.06. The Morgan fingerprint density at radius 3 is 2.09 bits per heavy atom. The molecule has 4 rings (SSSR count). The second-order valence-corrected chi connectivity index (χ2v) is 7.70. The summed E-state index contributed by atoms with van der Waals surface area (Å²) < 4.78 is 33.0. The summed E-state index contributed by atoms with van der Waals surface area (Å²) in [5.41, 5.74) is 3.86. The zero-order chi connectivity index (χ0) is 22.3. The van der Waals surface area contributed by atoms with Gasteiger partial charge in [-0.1, -0.05) is 68.0 Å². The van der Waals surface area contributed by atoms with E-state index in [0.717, 1.165) is 47.1 Å². The van der Waals surface area contributed by atoms with E-state index in [9.17, 15) is 8.78 Å². The van der Waals surface area contributed by atoms with Gasteiger partial charge in [0.05, 0.1) is 6.61 Å². The molecule has 0 saturated carbocycles. The normalized spacial score (nSPS) is 10.6. The molecule has 32 heavy (non-hydrogen) atoms. The minimum atomic E-state index is -0.842. The molecule has 0 N–H and O–H groups in total. The van der Waals surface area contributed by atoms with Crippen molar-refractivity contribution in [1.29, 1.82) is 0 Å². The van der Waals surface area contributed by atoms with E-state index < -0.39 is 11.6 Å². The van der Waals surface area contributed by atoms with Gasteiger partial charge in [-0.3, -0.25) is 0 Å². The Bertz CT molecular complexity index is 1260. The fourth-order valence-corrected chi connectivity index (χ4v) is 3.52. The van der Waals surface area contributed by atoms with Crippen LogP contribution in [0.3, 0.4) is 0 Å². The van der Waals surface area contributed by atoms with Crippen molar-refractivity contribution in [3.63, 3.8) is 0 Å². The largest absolute Gasteiger partial charge is 0.494 e. The molecule has 0 radical (unpaired) electrons. The van der Waals surface area contributed by atoms with Crippen LogP contribution in [0.15, 0.2) is 78.9 Å². The summed E-state index contributed by atoms with van der Waals surface area (Å²) in [6.07, 6.45) is 3.45. The van der Waals surface area contributed by atoms with Crippen molar-refractivity contribution in [1.82, 2.24) is 0 Å². The van der Waals surface area contributed by atoms with Gasteiger partial charge in [-0.2, -0.15) is 0 Å². The molecule has 0 spiro atoms. The van der Waals surface area contributed by atoms with E-state index in [0.29, 0.717) is 5.39 Å². The van der Waals surface area contributed by atoms with Gasteiger partial charge in [-0.05, 0) is 65.4 Å². The maximum absolute atomic E-state index is 13.8. The number of benzene rings is 4. The number of halogens is 2. The van der Waals surface area contributed by atoms with Crippen LogP contribution in [-0.4, -0.2) is 6.61 Å². The Balaban J connectivity index is 1.44. The molecular weight excluding hydrogens is 402 g/mol. The molecule has 4 aromatic rings. The van der Waals surface area contributed by atoms with Gasteiger partial charge in [0.25, 0.3) is 0 Å². The third kappa shape index (κ3) is 5.15. The van der Waals surface area contributed by atoms with Gasteiger partial charge < -0.3 is 4.74 Å². The molecule has 0 fully saturated rings. The van der Waals surface area contributed by atoms with Crippen molar-refractivity contribution in [2.24, 2.45) is 0 Å². The van der Waals surface area contributed by atoms with E-state index in [1.165, 1.54) is 12.8 Å². The first-order chi connectivity index (χ1) is 15.6. The highest BCUT2D eigenvalue weighted by molar-refractivity contribution is 5.84. The van der Waals surface area contributed by atoms with Gasteiger partial charge in [0.1, 0.15) is 5.75 Å². The Labute approximate surface area is 187 Å². The first-order valence-corrected chi connectivity index (χ1v) is 10.9. The predicted octanol–water partition coefficient (Wildman–Crippen LogP) is 7.75. The standard InChI is InChI=1S/C29H24F2O/c1-2-3-4-19-32-26-15-12-24(13-16-26)23-10-7-21(8-11-23)5-6-22-9-17-27-25(20-22)14-18-28(30)29(27)31/h7-18,20H,2-4,19H2,1H3. The Hall–Kier alpha value is -3.64. The van der Waals surface area contributed by atoms with Gasteiger partial charge in [0.15, 0.2) is 11.6 Å². The minimum absolute atomic E-state index is 0.261. The molecule has 1 nitrogen and oxygen atoms in total. The lowest BCUT2D eigenvalue weighted by molar-refractivity contribution is 0.306. The lowest BCUT2D eigenvalue weighted by Gasteiger charge is -2.07. The average Bonchev–Trinajstić information content (AvgIpc) is 2.84. The predicted molar refractivity (Wildman–Crippen MR) is 127 cm³/mol. The second kappa shape index (κ2) is 10.1. The first-order valence-electron chi connectivity index (χ1n) is 10.9. The number of ether oxygens (including phenoxy) is 1. The van der Waals surface area contributed by atoms with Crippen molar-refractivity contribution in [3.05, 3.63) is 102 Å². The molecule has 4 aromatic carbocycles. The molecule has 0 bridgehead atoms. The molecule has 0 amide bonds. The Morgan fingerprint density at radius 1 is 0.719 bits per heavy atom. The smallest absolute Gasteiger partial charge is 0.166 e. The van der Waals surface area contributed by atoms with Crippen LogP contribution in [0, 0.1) is 23.5 Å². The van der Waals surface area contributed by atoms with Gasteiger partial charge in [-0.25, -0.2) is 8.78 Å². The number of hydrogen-bond acceptors (Lipinski definition) is 1. The van der Waals surface area contributed by atoms with Gasteiger partial charge in [-0.15, -0.1) is 0 Å². The van der Waals surface area contributed by atoms with Crippen LogP contribution in [-0.2, 0) is 0 Å². The van der Waals surface area contributed by atoms with Gasteiger partial charge in [0.2, 0.25) is 0 Å². The van der Waals surface area contributed by atoms with E-state index in [1.807, 2.05) is 36.4 Å². The lowest BCUT2D eigenvalue weighted by Crippen LogP contribution is -1.96. The second-order valence-electron chi connectivity index (χ2n) is 7.70. The fourth-order valence-electron chi connectivity index (χ4n) is 3.52. The van der Waals surface area contributed by atoms with E-state index in [2.05, 4.69) is 30.9 Å². The maximum atomic E-state index is 13.8. The Kier molecular flexibility index (Phi) is 6.82. The highest BCUT2D eigenvalue weighted by atomic mass is 19.2. The molecule has 0 saturated heterocycles. The van der Waals surface area contributed by atoms with Crippen LogP contribution < -0.4 is 4.74 Å². The summed E-state index contributed by atoms with van der Waals surface area (Å²) in [5.74, 6) is 5.46. The third-order valence-electron chi connectivity index (χ3n) is 5.35. The fraction of sp³-hybridized carbons (Fsp3) is 0.172. The summed E-state index contributed by atoms with van der Waals surface area (Å²) >= 11 is 0. The van der Waals surface area contributed by atoms with Crippen molar-refractivity contribution in [2.75, 3.05) is 6.61 Å². The molecule has 0 aromatic heterocycles. The molecule has 0 aliphatic carbocycles. The molecule has 160 valence electrons. The molecule has 0 atom stereocenters. The van der Waals surface area contributed by atoms with Crippen LogP contribution in [0.1, 0.15) is 37.3 Å². The number of hydrogen-bond donors (Lipinski definition) is 0. The van der Waals surface area contributed by atoms with Crippen LogP contribution in [0.2, 0.25) is 0 Å². The molecule has 0 heterocycles. The van der Waals surface area contributed by atoms with Crippen LogP contribution >= 0.6 is 0 Å². The van der Waals surface area contributed by atoms with E-state index >= 15 is 0 Å². The summed E-state index contributed by atoms with van der Waals surface area (Å²) in [6, 6.07) is 23.9. The highest BCUT2D eigenvalue weighted by Crippen LogP contribution is 2.24. The summed E-state index contributed by atoms with van der Waals surface area (Å²) in [6.45, 7) is 2.93. The van der Waals surface area contributed by atoms with Crippen molar-refractivity contribution >= 4 is 10.8 Å². The molecule has 0 aliphatic rings. The SMILES string of the molecule is CCCCCOc1ccc(-c2ccc(C#Cc3ccc4c(F)c(F)ccc4c3)cc2)cc1. The maximum Gasteiger partial charge on any atom is 0.166 e. The van der Waals surface area contributed by atoms with E-state index in [1.54, 1.807) is 24.3 Å². The van der Waals surface area contributed by atoms with Gasteiger partial charge >= 0.3 is 0 Å². The minimum Gasteiger partial charge on any atom is -0.494 e. The summed E-state index contributed by atoms with van der Waals surface area (Å²) in [7, 11) is 0. The van der Waals surface area contributed by atoms with Crippen LogP contribution in [0.5, 0.6) is 5.75 Å². The zero-order valence-electron chi connectivity index (χ0n) is 18.0. The molecule has 3 heteroatoms. The Morgan fingerprint density at radius 2 is 1.38 bits per heavy atom. The topological polar surface area (TPSA) is 9.23 Å². The lowest BCUT2D eigenvalue weighted by atomic mass is 10.0. The third-order valence-corrected chi connectivity index (χ3v) is 5.35. The number of unbranched alkanes of at least 4 members (excludes halogenated alkanes) is 2. The molecular formula is C29H24F2O. The number of rotatable bonds is 6. The van der Waals surface area contributed by atoms with E-state index in [4.69, 9.17) is 4.74 Å². The van der Waals surface area contributed by atoms with Crippen LogP contribution in [0.25, 0.3) is 21.9 Å². The van der Waals surface area contributed by atoms with Crippen molar-refractivity contribution in [2.45, 2.75) is 26.2 Å². The average molecular weight is 427 g/mol. The zero-order valence-corrected chi connectivity index (χ0v) is 18.0.